The molecule has 0 N–H and O–H groups in total. The smallest absolute Gasteiger partial charge is 0.0541 e. The Labute approximate surface area is 399 Å². The number of nitrogens with zero attached hydrogens (tertiary/aromatic N) is 2. The normalized spacial score (nSPS) is 15.1. The van der Waals surface area contributed by atoms with Crippen LogP contribution in [0.5, 0.6) is 0 Å². The predicted octanol–water partition coefficient (Wildman–Crippen LogP) is 18.0. The van der Waals surface area contributed by atoms with E-state index in [0.717, 1.165) is 29.9 Å². The highest BCUT2D eigenvalue weighted by Gasteiger charge is 2.39. The molecule has 0 atom stereocenters. The van der Waals surface area contributed by atoms with E-state index >= 15 is 0 Å². The molecule has 9 aromatic carbocycles. The van der Waals surface area contributed by atoms with Crippen LogP contribution in [-0.2, 0) is 10.8 Å². The second-order valence-electron chi connectivity index (χ2n) is 20.0. The highest BCUT2D eigenvalue weighted by molar-refractivity contribution is 6.10. The van der Waals surface area contributed by atoms with E-state index in [1.807, 2.05) is 0 Å². The minimum atomic E-state index is -0.0797. The van der Waals surface area contributed by atoms with Gasteiger partial charge in [-0.25, -0.2) is 0 Å². The molecule has 13 rings (SSSR count). The lowest BCUT2D eigenvalue weighted by Crippen LogP contribution is -2.16. The van der Waals surface area contributed by atoms with Gasteiger partial charge in [-0.3, -0.25) is 0 Å². The molecule has 3 aliphatic rings. The highest BCUT2D eigenvalue weighted by atomic mass is 15.1. The molecule has 0 aliphatic heterocycles. The molecule has 0 amide bonds. The van der Waals surface area contributed by atoms with Crippen molar-refractivity contribution >= 4 is 44.4 Å². The summed E-state index contributed by atoms with van der Waals surface area (Å²) in [6, 6.07) is 76.9. The van der Waals surface area contributed by atoms with Crippen molar-refractivity contribution in [3.8, 4) is 50.2 Å². The van der Waals surface area contributed by atoms with Crippen molar-refractivity contribution in [2.45, 2.75) is 51.4 Å². The average Bonchev–Trinajstić information content (AvgIpc) is 3.93. The summed E-state index contributed by atoms with van der Waals surface area (Å²) in [6.07, 6.45) is 6.89. The molecule has 10 aromatic rings. The van der Waals surface area contributed by atoms with E-state index in [1.54, 1.807) is 0 Å². The number of para-hydroxylation sites is 3. The van der Waals surface area contributed by atoms with Gasteiger partial charge in [0.15, 0.2) is 0 Å². The van der Waals surface area contributed by atoms with Crippen molar-refractivity contribution in [2.75, 3.05) is 4.90 Å². The van der Waals surface area contributed by atoms with Crippen molar-refractivity contribution in [1.82, 2.24) is 4.57 Å². The third-order valence-corrected chi connectivity index (χ3v) is 15.5. The molecule has 0 saturated heterocycles. The summed E-state index contributed by atoms with van der Waals surface area (Å²) in [5.41, 5.74) is 25.5. The zero-order chi connectivity index (χ0) is 45.7. The van der Waals surface area contributed by atoms with Crippen LogP contribution in [0.1, 0.15) is 62.8 Å². The van der Waals surface area contributed by atoms with Crippen molar-refractivity contribution in [1.29, 1.82) is 0 Å². The number of aromatic nitrogens is 1. The molecule has 0 bridgehead atoms. The van der Waals surface area contributed by atoms with Gasteiger partial charge in [0, 0.05) is 44.2 Å². The molecule has 326 valence electrons. The van der Waals surface area contributed by atoms with Gasteiger partial charge in [-0.05, 0) is 152 Å². The predicted molar refractivity (Wildman–Crippen MR) is 288 cm³/mol. The largest absolute Gasteiger partial charge is 0.310 e. The van der Waals surface area contributed by atoms with Crippen LogP contribution in [0.2, 0.25) is 0 Å². The molecule has 0 fully saturated rings. The standard InChI is InChI=1S/C66H52N2/c1-65(2)58-28-13-9-25-55(58)64-54(26-17-29-59(64)65)52-23-10-14-30-61(52)67(49-21-16-18-44(40-49)46-34-38-51-50-22-8-12-27-57(50)66(3,4)60(51)42-46)48-36-32-43(33-37-48)45-35-39-63-56(41-45)53-24-11-15-31-62(53)68(63)47-19-6-5-7-20-47/h5-8,10-24,26-42H,9,25H2,1-4H3. The van der Waals surface area contributed by atoms with Gasteiger partial charge in [0.05, 0.1) is 16.7 Å². The maximum Gasteiger partial charge on any atom is 0.0541 e. The fraction of sp³-hybridized carbons (Fsp3) is 0.121. The number of hydrogen-bond acceptors (Lipinski definition) is 1. The average molecular weight is 873 g/mol. The SMILES string of the molecule is CC1(C)C2=C(CCC=C2)c2c(-c3ccccc3N(c3ccc(-c4ccc5c(c4)c4ccccc4n5-c4ccccc4)cc3)c3cccc(-c4ccc5c(c4)C(C)(C)c4ccccc4-5)c3)cccc21. The zero-order valence-electron chi connectivity index (χ0n) is 39.1. The highest BCUT2D eigenvalue weighted by Crippen LogP contribution is 2.55. The van der Waals surface area contributed by atoms with Gasteiger partial charge in [-0.1, -0.05) is 179 Å². The number of anilines is 3. The molecular weight excluding hydrogens is 821 g/mol. The van der Waals surface area contributed by atoms with Gasteiger partial charge in [0.25, 0.3) is 0 Å². The van der Waals surface area contributed by atoms with Crippen molar-refractivity contribution in [2.24, 2.45) is 0 Å². The van der Waals surface area contributed by atoms with Gasteiger partial charge >= 0.3 is 0 Å². The van der Waals surface area contributed by atoms with Crippen LogP contribution in [0.25, 0.3) is 77.6 Å². The first kappa shape index (κ1) is 40.3. The molecule has 2 heteroatoms. The molecule has 0 saturated carbocycles. The quantitative estimate of drug-likeness (QED) is 0.155. The Morgan fingerprint density at radius 2 is 1.07 bits per heavy atom. The summed E-state index contributed by atoms with van der Waals surface area (Å²) in [4.78, 5) is 2.49. The van der Waals surface area contributed by atoms with Gasteiger partial charge in [0.1, 0.15) is 0 Å². The van der Waals surface area contributed by atoms with Gasteiger partial charge in [-0.15, -0.1) is 0 Å². The Bertz CT molecular complexity index is 3720. The monoisotopic (exact) mass is 872 g/mol. The summed E-state index contributed by atoms with van der Waals surface area (Å²) in [7, 11) is 0. The van der Waals surface area contributed by atoms with Crippen LogP contribution < -0.4 is 4.90 Å². The van der Waals surface area contributed by atoms with Crippen molar-refractivity contribution < 1.29 is 0 Å². The molecule has 1 heterocycles. The van der Waals surface area contributed by atoms with E-state index in [0.29, 0.717) is 0 Å². The molecular formula is C66H52N2. The Balaban J connectivity index is 0.959. The van der Waals surface area contributed by atoms with Gasteiger partial charge in [0.2, 0.25) is 0 Å². The van der Waals surface area contributed by atoms with E-state index in [2.05, 4.69) is 256 Å². The van der Waals surface area contributed by atoms with Crippen LogP contribution in [0.3, 0.4) is 0 Å². The Kier molecular flexibility index (Phi) is 9.08. The first-order valence-electron chi connectivity index (χ1n) is 24.2. The zero-order valence-corrected chi connectivity index (χ0v) is 39.1. The van der Waals surface area contributed by atoms with Crippen LogP contribution in [0.4, 0.5) is 17.1 Å². The summed E-state index contributed by atoms with van der Waals surface area (Å²) in [6.45, 7) is 9.53. The number of rotatable bonds is 7. The third-order valence-electron chi connectivity index (χ3n) is 15.5. The molecule has 1 aromatic heterocycles. The van der Waals surface area contributed by atoms with Crippen molar-refractivity contribution in [3.05, 3.63) is 246 Å². The molecule has 0 radical (unpaired) electrons. The first-order chi connectivity index (χ1) is 33.3. The van der Waals surface area contributed by atoms with Gasteiger partial charge in [-0.2, -0.15) is 0 Å². The third kappa shape index (κ3) is 6.10. The second-order valence-corrected chi connectivity index (χ2v) is 20.0. The number of fused-ring (bicyclic) bond motifs is 8. The Morgan fingerprint density at radius 1 is 0.426 bits per heavy atom. The Morgan fingerprint density at radius 3 is 1.94 bits per heavy atom. The number of allylic oxidation sites excluding steroid dienone is 4. The van der Waals surface area contributed by atoms with E-state index in [1.165, 1.54) is 105 Å². The van der Waals surface area contributed by atoms with E-state index in [4.69, 9.17) is 0 Å². The lowest BCUT2D eigenvalue weighted by molar-refractivity contribution is 0.651. The summed E-state index contributed by atoms with van der Waals surface area (Å²) in [5, 5.41) is 2.51. The minimum absolute atomic E-state index is 0.0539. The van der Waals surface area contributed by atoms with Crippen LogP contribution in [0.15, 0.2) is 224 Å². The fourth-order valence-electron chi connectivity index (χ4n) is 12.1. The van der Waals surface area contributed by atoms with E-state index in [9.17, 15) is 0 Å². The molecule has 68 heavy (non-hydrogen) atoms. The van der Waals surface area contributed by atoms with Crippen LogP contribution >= 0.6 is 0 Å². The summed E-state index contributed by atoms with van der Waals surface area (Å²) >= 11 is 0. The lowest BCUT2D eigenvalue weighted by Gasteiger charge is -2.29. The van der Waals surface area contributed by atoms with Gasteiger partial charge < -0.3 is 9.47 Å². The minimum Gasteiger partial charge on any atom is -0.310 e. The number of benzene rings is 9. The summed E-state index contributed by atoms with van der Waals surface area (Å²) < 4.78 is 2.38. The maximum absolute atomic E-state index is 2.49. The van der Waals surface area contributed by atoms with E-state index < -0.39 is 0 Å². The van der Waals surface area contributed by atoms with Crippen LogP contribution in [0, 0.1) is 0 Å². The maximum atomic E-state index is 2.49. The first-order valence-corrected chi connectivity index (χ1v) is 24.2. The molecule has 0 unspecified atom stereocenters. The second kappa shape index (κ2) is 15.3. The fourth-order valence-corrected chi connectivity index (χ4v) is 12.1. The van der Waals surface area contributed by atoms with E-state index in [-0.39, 0.29) is 10.8 Å². The molecule has 0 spiro atoms. The Hall–Kier alpha value is -7.94. The molecule has 2 nitrogen and oxygen atoms in total. The summed E-state index contributed by atoms with van der Waals surface area (Å²) in [5.74, 6) is 0. The lowest BCUT2D eigenvalue weighted by atomic mass is 9.80. The van der Waals surface area contributed by atoms with Crippen LogP contribution in [-0.4, -0.2) is 4.57 Å². The topological polar surface area (TPSA) is 8.17 Å². The molecule has 3 aliphatic carbocycles. The van der Waals surface area contributed by atoms with Crippen molar-refractivity contribution in [3.63, 3.8) is 0 Å². The number of hydrogen-bond donors (Lipinski definition) is 0.